The Morgan fingerprint density at radius 1 is 1.59 bits per heavy atom. The van der Waals surface area contributed by atoms with Gasteiger partial charge in [-0.1, -0.05) is 12.1 Å². The number of aliphatic hydroxyl groups is 1. The molecule has 4 heteroatoms. The number of aromatic nitrogens is 1. The molecule has 17 heavy (non-hydrogen) atoms. The first-order valence-corrected chi connectivity index (χ1v) is 6.45. The lowest BCUT2D eigenvalue weighted by atomic mass is 9.91. The van der Waals surface area contributed by atoms with Crippen LogP contribution in [0.1, 0.15) is 57.4 Å². The second kappa shape index (κ2) is 4.78. The van der Waals surface area contributed by atoms with Gasteiger partial charge < -0.3 is 14.9 Å². The van der Waals surface area contributed by atoms with Crippen molar-refractivity contribution in [3.63, 3.8) is 0 Å². The lowest BCUT2D eigenvalue weighted by Crippen LogP contribution is -2.35. The van der Waals surface area contributed by atoms with Crippen molar-refractivity contribution in [3.05, 3.63) is 17.5 Å². The summed E-state index contributed by atoms with van der Waals surface area (Å²) in [7, 11) is 0. The maximum Gasteiger partial charge on any atom is 0.168 e. The van der Waals surface area contributed by atoms with Crippen LogP contribution in [0.15, 0.2) is 10.6 Å². The predicted molar refractivity (Wildman–Crippen MR) is 65.8 cm³/mol. The summed E-state index contributed by atoms with van der Waals surface area (Å²) in [5, 5.41) is 17.7. The van der Waals surface area contributed by atoms with Crippen LogP contribution in [0, 0.1) is 0 Å². The van der Waals surface area contributed by atoms with E-state index in [1.54, 1.807) is 6.92 Å². The van der Waals surface area contributed by atoms with Crippen LogP contribution in [0.5, 0.6) is 0 Å². The molecular formula is C13H22N2O2. The smallest absolute Gasteiger partial charge is 0.168 e. The van der Waals surface area contributed by atoms with Gasteiger partial charge >= 0.3 is 0 Å². The zero-order chi connectivity index (χ0) is 12.5. The third kappa shape index (κ3) is 2.69. The fourth-order valence-electron chi connectivity index (χ4n) is 2.16. The Balaban J connectivity index is 2.08. The molecule has 0 unspecified atom stereocenters. The molecule has 96 valence electrons. The van der Waals surface area contributed by atoms with Crippen LogP contribution in [0.25, 0.3) is 0 Å². The highest BCUT2D eigenvalue weighted by atomic mass is 16.5. The largest absolute Gasteiger partial charge is 0.382 e. The van der Waals surface area contributed by atoms with E-state index >= 15 is 0 Å². The minimum atomic E-state index is -0.902. The summed E-state index contributed by atoms with van der Waals surface area (Å²) in [6.45, 7) is 6.85. The van der Waals surface area contributed by atoms with Crippen LogP contribution < -0.4 is 5.32 Å². The van der Waals surface area contributed by atoms with Gasteiger partial charge in [-0.25, -0.2) is 0 Å². The van der Waals surface area contributed by atoms with Gasteiger partial charge in [0.05, 0.1) is 5.69 Å². The highest BCUT2D eigenvalue weighted by Crippen LogP contribution is 2.29. The maximum absolute atomic E-state index is 10.1. The second-order valence-corrected chi connectivity index (χ2v) is 5.33. The molecule has 0 bridgehead atoms. The normalized spacial score (nSPS) is 28.9. The minimum Gasteiger partial charge on any atom is -0.382 e. The summed E-state index contributed by atoms with van der Waals surface area (Å²) in [5.74, 6) is 0.991. The number of rotatable bonds is 3. The van der Waals surface area contributed by atoms with Crippen LogP contribution in [-0.4, -0.2) is 22.8 Å². The third-order valence-electron chi connectivity index (χ3n) is 3.83. The molecule has 1 saturated heterocycles. The zero-order valence-corrected chi connectivity index (χ0v) is 10.9. The SMILES string of the molecule is CC[C@](C)(O)c1cc([C@@H]2CC[C@@H](C)NC2)no1. The molecule has 1 aliphatic rings. The van der Waals surface area contributed by atoms with Gasteiger partial charge in [0.2, 0.25) is 0 Å². The van der Waals surface area contributed by atoms with E-state index in [4.69, 9.17) is 4.52 Å². The van der Waals surface area contributed by atoms with Crippen molar-refractivity contribution in [3.8, 4) is 0 Å². The van der Waals surface area contributed by atoms with Crippen LogP contribution in [0.4, 0.5) is 0 Å². The van der Waals surface area contributed by atoms with Crippen LogP contribution >= 0.6 is 0 Å². The quantitative estimate of drug-likeness (QED) is 0.847. The molecule has 4 nitrogen and oxygen atoms in total. The number of nitrogens with zero attached hydrogens (tertiary/aromatic N) is 1. The first kappa shape index (κ1) is 12.6. The third-order valence-corrected chi connectivity index (χ3v) is 3.83. The van der Waals surface area contributed by atoms with Gasteiger partial charge in [-0.05, 0) is 33.1 Å². The number of nitrogens with one attached hydrogen (secondary N) is 1. The molecule has 0 saturated carbocycles. The topological polar surface area (TPSA) is 58.3 Å². The standard InChI is InChI=1S/C13H22N2O2/c1-4-13(3,16)12-7-11(15-17-12)10-6-5-9(2)14-8-10/h7,9-10,14,16H,4-6,8H2,1-3H3/t9-,10-,13+/m1/s1. The summed E-state index contributed by atoms with van der Waals surface area (Å²) >= 11 is 0. The van der Waals surface area contributed by atoms with Crippen molar-refractivity contribution in [1.82, 2.24) is 10.5 Å². The fourth-order valence-corrected chi connectivity index (χ4v) is 2.16. The van der Waals surface area contributed by atoms with E-state index in [-0.39, 0.29) is 0 Å². The molecule has 3 atom stereocenters. The van der Waals surface area contributed by atoms with Crippen molar-refractivity contribution in [2.24, 2.45) is 0 Å². The Morgan fingerprint density at radius 2 is 2.35 bits per heavy atom. The van der Waals surface area contributed by atoms with Crippen molar-refractivity contribution in [2.45, 2.75) is 57.6 Å². The molecule has 2 N–H and O–H groups in total. The number of hydrogen-bond acceptors (Lipinski definition) is 4. The Kier molecular flexibility index (Phi) is 3.54. The summed E-state index contributed by atoms with van der Waals surface area (Å²) in [4.78, 5) is 0. The average molecular weight is 238 g/mol. The molecule has 2 rings (SSSR count). The molecule has 1 aliphatic heterocycles. The molecular weight excluding hydrogens is 216 g/mol. The van der Waals surface area contributed by atoms with Gasteiger partial charge in [-0.15, -0.1) is 0 Å². The average Bonchev–Trinajstić information content (AvgIpc) is 2.80. The van der Waals surface area contributed by atoms with Crippen molar-refractivity contribution in [2.75, 3.05) is 6.54 Å². The predicted octanol–water partition coefficient (Wildman–Crippen LogP) is 2.15. The van der Waals surface area contributed by atoms with E-state index in [2.05, 4.69) is 17.4 Å². The zero-order valence-electron chi connectivity index (χ0n) is 10.9. The molecule has 0 spiro atoms. The highest BCUT2D eigenvalue weighted by Gasteiger charge is 2.28. The highest BCUT2D eigenvalue weighted by molar-refractivity contribution is 5.16. The van der Waals surface area contributed by atoms with E-state index in [1.807, 2.05) is 13.0 Å². The Hall–Kier alpha value is -0.870. The summed E-state index contributed by atoms with van der Waals surface area (Å²) < 4.78 is 5.27. The molecule has 2 heterocycles. The van der Waals surface area contributed by atoms with Crippen LogP contribution in [0.2, 0.25) is 0 Å². The Morgan fingerprint density at radius 3 is 2.94 bits per heavy atom. The van der Waals surface area contributed by atoms with Gasteiger partial charge in [0.25, 0.3) is 0 Å². The first-order valence-electron chi connectivity index (χ1n) is 6.45. The van der Waals surface area contributed by atoms with Crippen molar-refractivity contribution in [1.29, 1.82) is 0 Å². The maximum atomic E-state index is 10.1. The summed E-state index contributed by atoms with van der Waals surface area (Å²) in [5.41, 5.74) is 0.0637. The second-order valence-electron chi connectivity index (χ2n) is 5.33. The van der Waals surface area contributed by atoms with Crippen molar-refractivity contribution < 1.29 is 9.63 Å². The molecule has 1 aromatic rings. The van der Waals surface area contributed by atoms with Gasteiger partial charge in [0.1, 0.15) is 5.60 Å². The first-order chi connectivity index (χ1) is 8.03. The summed E-state index contributed by atoms with van der Waals surface area (Å²) in [6, 6.07) is 2.50. The van der Waals surface area contributed by atoms with Crippen LogP contribution in [-0.2, 0) is 5.60 Å². The fraction of sp³-hybridized carbons (Fsp3) is 0.769. The summed E-state index contributed by atoms with van der Waals surface area (Å²) in [6.07, 6.45) is 2.92. The molecule has 0 radical (unpaired) electrons. The molecule has 0 aliphatic carbocycles. The molecule has 1 aromatic heterocycles. The van der Waals surface area contributed by atoms with Crippen LogP contribution in [0.3, 0.4) is 0 Å². The van der Waals surface area contributed by atoms with E-state index in [1.165, 1.54) is 0 Å². The van der Waals surface area contributed by atoms with Crippen molar-refractivity contribution >= 4 is 0 Å². The van der Waals surface area contributed by atoms with Gasteiger partial charge in [-0.2, -0.15) is 0 Å². The van der Waals surface area contributed by atoms with E-state index in [0.717, 1.165) is 25.1 Å². The van der Waals surface area contributed by atoms with E-state index in [0.29, 0.717) is 24.1 Å². The lowest BCUT2D eigenvalue weighted by molar-refractivity contribution is 0.0243. The Bertz CT molecular complexity index is 365. The number of hydrogen-bond donors (Lipinski definition) is 2. The monoisotopic (exact) mass is 238 g/mol. The Labute approximate surface area is 102 Å². The molecule has 1 fully saturated rings. The number of piperidine rings is 1. The van der Waals surface area contributed by atoms with Gasteiger partial charge in [-0.3, -0.25) is 0 Å². The minimum absolute atomic E-state index is 0.413. The van der Waals surface area contributed by atoms with Gasteiger partial charge in [0.15, 0.2) is 5.76 Å². The van der Waals surface area contributed by atoms with Gasteiger partial charge in [0, 0.05) is 24.6 Å². The lowest BCUT2D eigenvalue weighted by Gasteiger charge is -2.26. The molecule has 0 aromatic carbocycles. The van der Waals surface area contributed by atoms with E-state index < -0.39 is 5.60 Å². The molecule has 0 amide bonds. The van der Waals surface area contributed by atoms with E-state index in [9.17, 15) is 5.11 Å².